The third-order valence-corrected chi connectivity index (χ3v) is 7.25. The van der Waals surface area contributed by atoms with Crippen molar-refractivity contribution in [2.24, 2.45) is 0 Å². The van der Waals surface area contributed by atoms with E-state index in [9.17, 15) is 9.90 Å². The van der Waals surface area contributed by atoms with Gasteiger partial charge in [0.2, 0.25) is 0 Å². The van der Waals surface area contributed by atoms with Gasteiger partial charge in [-0.15, -0.1) is 5.10 Å². The Hall–Kier alpha value is -3.95. The lowest BCUT2D eigenvalue weighted by Gasteiger charge is -2.21. The minimum absolute atomic E-state index is 0.165. The molecule has 4 rings (SSSR count). The zero-order valence-electron chi connectivity index (χ0n) is 24.3. The van der Waals surface area contributed by atoms with E-state index < -0.39 is 0 Å². The molecule has 1 atom stereocenters. The van der Waals surface area contributed by atoms with Gasteiger partial charge in [0.05, 0.1) is 46.0 Å². The number of unbranched alkanes of at least 4 members (excludes halogenated alkanes) is 1. The Balaban J connectivity index is 1.45. The van der Waals surface area contributed by atoms with E-state index in [0.29, 0.717) is 31.1 Å². The Labute approximate surface area is 241 Å². The lowest BCUT2D eigenvalue weighted by atomic mass is 9.85. The van der Waals surface area contributed by atoms with Gasteiger partial charge in [-0.25, -0.2) is 4.68 Å². The average molecular weight is 562 g/mol. The van der Waals surface area contributed by atoms with Crippen molar-refractivity contribution < 1.29 is 28.8 Å². The third kappa shape index (κ3) is 7.42. The highest BCUT2D eigenvalue weighted by molar-refractivity contribution is 5.80. The number of aliphatic hydroxyl groups is 1. The average Bonchev–Trinajstić information content (AvgIpc) is 3.42. The Bertz CT molecular complexity index is 1430. The first kappa shape index (κ1) is 30.0. The molecule has 0 radical (unpaired) electrons. The van der Waals surface area contributed by atoms with E-state index in [4.69, 9.17) is 18.9 Å². The predicted octanol–water partition coefficient (Wildman–Crippen LogP) is 5.33. The second-order valence-corrected chi connectivity index (χ2v) is 9.86. The Morgan fingerprint density at radius 1 is 1.02 bits per heavy atom. The first-order valence-corrected chi connectivity index (χ1v) is 14.0. The quantitative estimate of drug-likeness (QED) is 0.153. The minimum atomic E-state index is -0.281. The van der Waals surface area contributed by atoms with Crippen LogP contribution in [0.3, 0.4) is 0 Å². The molecule has 0 aliphatic carbocycles. The first-order valence-electron chi connectivity index (χ1n) is 14.0. The number of carbonyl (C=O) groups excluding carboxylic acids is 1. The zero-order valence-corrected chi connectivity index (χ0v) is 24.3. The number of ether oxygens (including phenoxy) is 4. The molecule has 0 saturated carbocycles. The maximum absolute atomic E-state index is 12.6. The van der Waals surface area contributed by atoms with Crippen LogP contribution in [-0.4, -0.2) is 53.5 Å². The first-order chi connectivity index (χ1) is 20.0. The summed E-state index contributed by atoms with van der Waals surface area (Å²) >= 11 is 0. The van der Waals surface area contributed by atoms with Crippen LogP contribution in [-0.2, 0) is 34.0 Å². The monoisotopic (exact) mass is 561 g/mol. The molecule has 0 amide bonds. The van der Waals surface area contributed by atoms with Gasteiger partial charge in [-0.3, -0.25) is 4.79 Å². The highest BCUT2D eigenvalue weighted by atomic mass is 16.5. The van der Waals surface area contributed by atoms with Gasteiger partial charge in [0.25, 0.3) is 0 Å². The number of methoxy groups -OCH3 is 2. The molecular weight excluding hydrogens is 522 g/mol. The van der Waals surface area contributed by atoms with E-state index in [-0.39, 0.29) is 24.9 Å². The highest BCUT2D eigenvalue weighted by Crippen LogP contribution is 2.35. The van der Waals surface area contributed by atoms with Crippen LogP contribution in [0.1, 0.15) is 59.9 Å². The van der Waals surface area contributed by atoms with Crippen LogP contribution in [0.25, 0.3) is 11.0 Å². The van der Waals surface area contributed by atoms with E-state index >= 15 is 0 Å². The van der Waals surface area contributed by atoms with Crippen LogP contribution < -0.4 is 9.47 Å². The number of hydrogen-bond acceptors (Lipinski definition) is 8. The summed E-state index contributed by atoms with van der Waals surface area (Å²) in [6.45, 7) is 5.92. The second kappa shape index (κ2) is 14.6. The fraction of sp³-hybridized carbons (Fsp3) is 0.406. The maximum atomic E-state index is 12.6. The molecule has 0 spiro atoms. The normalized spacial score (nSPS) is 11.9. The number of nitrogens with zero attached hydrogens (tertiary/aromatic N) is 3. The van der Waals surface area contributed by atoms with Crippen LogP contribution in [0.2, 0.25) is 0 Å². The summed E-state index contributed by atoms with van der Waals surface area (Å²) in [7, 11) is 3.23. The molecule has 1 N–H and O–H groups in total. The van der Waals surface area contributed by atoms with Crippen molar-refractivity contribution in [3.05, 3.63) is 82.4 Å². The predicted molar refractivity (Wildman–Crippen MR) is 156 cm³/mol. The van der Waals surface area contributed by atoms with E-state index in [0.717, 1.165) is 58.4 Å². The molecule has 0 fully saturated rings. The van der Waals surface area contributed by atoms with Crippen LogP contribution in [0.4, 0.5) is 0 Å². The minimum Gasteiger partial charge on any atom is -0.497 e. The van der Waals surface area contributed by atoms with E-state index in [1.54, 1.807) is 21.1 Å². The smallest absolute Gasteiger partial charge is 0.306 e. The van der Waals surface area contributed by atoms with Gasteiger partial charge in [-0.05, 0) is 79.3 Å². The van der Waals surface area contributed by atoms with Gasteiger partial charge in [-0.2, -0.15) is 0 Å². The van der Waals surface area contributed by atoms with E-state index in [1.165, 1.54) is 0 Å². The van der Waals surface area contributed by atoms with Crippen molar-refractivity contribution in [2.75, 3.05) is 27.4 Å². The number of benzene rings is 3. The molecule has 41 heavy (non-hydrogen) atoms. The summed E-state index contributed by atoms with van der Waals surface area (Å²) in [4.78, 5) is 12.6. The molecule has 1 heterocycles. The summed E-state index contributed by atoms with van der Waals surface area (Å²) < 4.78 is 23.6. The van der Waals surface area contributed by atoms with Crippen molar-refractivity contribution in [1.29, 1.82) is 0 Å². The lowest BCUT2D eigenvalue weighted by Crippen LogP contribution is -2.13. The fourth-order valence-corrected chi connectivity index (χ4v) is 5.04. The van der Waals surface area contributed by atoms with Gasteiger partial charge < -0.3 is 24.1 Å². The van der Waals surface area contributed by atoms with E-state index in [2.05, 4.69) is 10.3 Å². The molecule has 3 aromatic carbocycles. The number of rotatable bonds is 15. The number of hydrogen-bond donors (Lipinski definition) is 1. The van der Waals surface area contributed by atoms with Crippen molar-refractivity contribution in [3.8, 4) is 11.5 Å². The molecule has 1 aromatic heterocycles. The van der Waals surface area contributed by atoms with Crippen molar-refractivity contribution in [2.45, 2.75) is 58.8 Å². The molecular formula is C32H39N3O6. The fourth-order valence-electron chi connectivity index (χ4n) is 5.04. The molecule has 0 aliphatic heterocycles. The SMILES string of the molecule is CCOC(=O)CC(c1ccc(OC)c(CO)c1)c1ccc2c(nnn2CCCCOCc2ccc(OC)cc2)c1C. The topological polar surface area (TPSA) is 105 Å². The standard InChI is InChI=1S/C32H39N3O6/c1-5-41-31(37)19-28(24-10-15-30(39-4)25(18-24)20-36)27-13-14-29-32(22(27)2)33-34-35(29)16-6-7-17-40-21-23-8-11-26(38-3)12-9-23/h8-15,18,28,36H,5-7,16-17,19-21H2,1-4H3. The van der Waals surface area contributed by atoms with Crippen LogP contribution >= 0.6 is 0 Å². The Kier molecular flexibility index (Phi) is 10.7. The number of aryl methyl sites for hydroxylation is 2. The molecule has 0 saturated heterocycles. The Morgan fingerprint density at radius 2 is 1.83 bits per heavy atom. The third-order valence-electron chi connectivity index (χ3n) is 7.25. The van der Waals surface area contributed by atoms with Crippen LogP contribution in [0.15, 0.2) is 54.6 Å². The molecule has 0 aliphatic rings. The van der Waals surface area contributed by atoms with Crippen molar-refractivity contribution in [3.63, 3.8) is 0 Å². The molecule has 4 aromatic rings. The second-order valence-electron chi connectivity index (χ2n) is 9.86. The number of carbonyl (C=O) groups is 1. The van der Waals surface area contributed by atoms with Gasteiger partial charge in [0.1, 0.15) is 17.0 Å². The highest BCUT2D eigenvalue weighted by Gasteiger charge is 2.24. The number of esters is 1. The largest absolute Gasteiger partial charge is 0.497 e. The van der Waals surface area contributed by atoms with Crippen LogP contribution in [0.5, 0.6) is 11.5 Å². The molecule has 0 bridgehead atoms. The molecule has 1 unspecified atom stereocenters. The summed E-state index contributed by atoms with van der Waals surface area (Å²) in [5, 5.41) is 18.8. The Morgan fingerprint density at radius 3 is 2.54 bits per heavy atom. The molecule has 218 valence electrons. The van der Waals surface area contributed by atoms with Gasteiger partial charge in [-0.1, -0.05) is 29.5 Å². The van der Waals surface area contributed by atoms with Gasteiger partial charge in [0, 0.05) is 24.6 Å². The number of aliphatic hydroxyl groups excluding tert-OH is 1. The molecule has 9 nitrogen and oxygen atoms in total. The zero-order chi connectivity index (χ0) is 29.2. The summed E-state index contributed by atoms with van der Waals surface area (Å²) in [5.41, 5.74) is 6.37. The summed E-state index contributed by atoms with van der Waals surface area (Å²) in [6, 6.07) is 17.6. The lowest BCUT2D eigenvalue weighted by molar-refractivity contribution is -0.143. The summed E-state index contributed by atoms with van der Waals surface area (Å²) in [6.07, 6.45) is 1.98. The van der Waals surface area contributed by atoms with E-state index in [1.807, 2.05) is 66.2 Å². The molecule has 9 heteroatoms. The van der Waals surface area contributed by atoms with Crippen molar-refractivity contribution in [1.82, 2.24) is 15.0 Å². The van der Waals surface area contributed by atoms with Gasteiger partial charge >= 0.3 is 5.97 Å². The number of fused-ring (bicyclic) bond motifs is 1. The van der Waals surface area contributed by atoms with Crippen LogP contribution in [0, 0.1) is 6.92 Å². The maximum Gasteiger partial charge on any atom is 0.306 e. The number of aromatic nitrogens is 3. The summed E-state index contributed by atoms with van der Waals surface area (Å²) in [5.74, 6) is 0.883. The van der Waals surface area contributed by atoms with Crippen molar-refractivity contribution >= 4 is 17.0 Å². The van der Waals surface area contributed by atoms with Gasteiger partial charge in [0.15, 0.2) is 0 Å².